The normalized spacial score (nSPS) is 16.3. The Bertz CT molecular complexity index is 1420. The fourth-order valence-electron chi connectivity index (χ4n) is 4.14. The topological polar surface area (TPSA) is 121 Å². The number of rotatable bonds is 4. The number of amides is 2. The second-order valence-corrected chi connectivity index (χ2v) is 7.80. The van der Waals surface area contributed by atoms with Crippen LogP contribution in [0.4, 0.5) is 5.69 Å². The van der Waals surface area contributed by atoms with Crippen LogP contribution in [0.15, 0.2) is 53.3 Å². The van der Waals surface area contributed by atoms with Crippen molar-refractivity contribution in [2.24, 2.45) is 0 Å². The molecule has 0 bridgehead atoms. The quantitative estimate of drug-likeness (QED) is 0.382. The molecular weight excluding hydrogens is 410 g/mol. The highest BCUT2D eigenvalue weighted by atomic mass is 16.2. The molecule has 1 fully saturated rings. The van der Waals surface area contributed by atoms with Gasteiger partial charge in [0.25, 0.3) is 5.56 Å². The van der Waals surface area contributed by atoms with E-state index in [-0.39, 0.29) is 17.8 Å². The summed E-state index contributed by atoms with van der Waals surface area (Å²) >= 11 is 0. The van der Waals surface area contributed by atoms with Crippen LogP contribution in [-0.2, 0) is 9.59 Å². The smallest absolute Gasteiger partial charge is 0.278 e. The molecule has 0 unspecified atom stereocenters. The number of aryl methyl sites for hydroxylation is 1. The number of hydrogen-bond acceptors (Lipinski definition) is 5. The van der Waals surface area contributed by atoms with E-state index in [4.69, 9.17) is 0 Å². The Morgan fingerprint density at radius 2 is 1.78 bits per heavy atom. The second kappa shape index (κ2) is 7.16. The van der Waals surface area contributed by atoms with Crippen molar-refractivity contribution in [3.8, 4) is 5.95 Å². The number of nitrogens with zero attached hydrogens (tertiary/aromatic N) is 3. The predicted molar refractivity (Wildman–Crippen MR) is 117 cm³/mol. The first-order chi connectivity index (χ1) is 15.3. The Labute approximate surface area is 181 Å². The Hall–Kier alpha value is -4.27. The van der Waals surface area contributed by atoms with Crippen LogP contribution in [0.2, 0.25) is 0 Å². The third-order valence-electron chi connectivity index (χ3n) is 5.73. The number of aromatic amines is 2. The van der Waals surface area contributed by atoms with Crippen LogP contribution >= 0.6 is 0 Å². The maximum absolute atomic E-state index is 13.2. The molecule has 1 atom stereocenters. The summed E-state index contributed by atoms with van der Waals surface area (Å²) in [5.41, 5.74) is 2.65. The average Bonchev–Trinajstić information content (AvgIpc) is 3.41. The van der Waals surface area contributed by atoms with Crippen LogP contribution in [0.3, 0.4) is 0 Å². The molecule has 1 aliphatic heterocycles. The first-order valence-electron chi connectivity index (χ1n) is 10.1. The lowest BCUT2D eigenvalue weighted by Crippen LogP contribution is -2.31. The average molecular weight is 429 g/mol. The number of carbonyl (C=O) groups is 3. The van der Waals surface area contributed by atoms with Gasteiger partial charge in [-0.3, -0.25) is 29.2 Å². The summed E-state index contributed by atoms with van der Waals surface area (Å²) in [5.74, 6) is -1.57. The first kappa shape index (κ1) is 19.7. The maximum atomic E-state index is 13.2. The number of ketones is 1. The molecule has 0 saturated carbocycles. The van der Waals surface area contributed by atoms with E-state index in [0.29, 0.717) is 28.4 Å². The van der Waals surface area contributed by atoms with Crippen molar-refractivity contribution in [2.45, 2.75) is 26.2 Å². The lowest BCUT2D eigenvalue weighted by molar-refractivity contribution is -0.121. The van der Waals surface area contributed by atoms with Crippen LogP contribution in [-0.4, -0.2) is 37.3 Å². The Morgan fingerprint density at radius 3 is 2.47 bits per heavy atom. The molecule has 2 amide bonds. The van der Waals surface area contributed by atoms with Gasteiger partial charge in [0.1, 0.15) is 0 Å². The van der Waals surface area contributed by atoms with Gasteiger partial charge in [0.05, 0.1) is 28.2 Å². The molecule has 9 nitrogen and oxygen atoms in total. The summed E-state index contributed by atoms with van der Waals surface area (Å²) in [5, 5.41) is 2.97. The van der Waals surface area contributed by atoms with Crippen molar-refractivity contribution in [2.75, 3.05) is 4.90 Å². The van der Waals surface area contributed by atoms with Gasteiger partial charge in [-0.25, -0.2) is 4.98 Å². The molecule has 2 aromatic heterocycles. The minimum absolute atomic E-state index is 0.109. The number of para-hydroxylation sites is 2. The van der Waals surface area contributed by atoms with Crippen LogP contribution < -0.4 is 10.5 Å². The lowest BCUT2D eigenvalue weighted by Gasteiger charge is -2.15. The number of imide groups is 1. The van der Waals surface area contributed by atoms with E-state index < -0.39 is 23.3 Å². The van der Waals surface area contributed by atoms with E-state index in [1.165, 1.54) is 11.6 Å². The highest BCUT2D eigenvalue weighted by Crippen LogP contribution is 2.33. The number of Topliss-reactive ketones (excluding diaryl/α,β-unsaturated/α-hetero) is 1. The Kier molecular flexibility index (Phi) is 4.40. The molecule has 2 N–H and O–H groups in total. The third kappa shape index (κ3) is 2.97. The summed E-state index contributed by atoms with van der Waals surface area (Å²) in [6.45, 7) is 3.14. The van der Waals surface area contributed by atoms with E-state index in [2.05, 4.69) is 15.1 Å². The third-order valence-corrected chi connectivity index (χ3v) is 5.73. The summed E-state index contributed by atoms with van der Waals surface area (Å²) in [6.07, 6.45) is -0.110. The number of fused-ring (bicyclic) bond motifs is 1. The molecule has 32 heavy (non-hydrogen) atoms. The molecule has 5 rings (SSSR count). The van der Waals surface area contributed by atoms with E-state index in [1.54, 1.807) is 31.2 Å². The van der Waals surface area contributed by atoms with Gasteiger partial charge in [0.2, 0.25) is 17.8 Å². The largest absolute Gasteiger partial charge is 0.322 e. The van der Waals surface area contributed by atoms with E-state index in [9.17, 15) is 19.2 Å². The predicted octanol–water partition coefficient (Wildman–Crippen LogP) is 2.60. The number of imidazole rings is 1. The van der Waals surface area contributed by atoms with Gasteiger partial charge >= 0.3 is 0 Å². The molecule has 4 aromatic rings. The zero-order valence-electron chi connectivity index (χ0n) is 17.4. The SMILES string of the molecule is CC(=O)c1ccc(N2C(=O)C[C@@H](c3c(C)[nH]n(-c4nc5ccccc5[nH]4)c3=O)C2=O)cc1. The van der Waals surface area contributed by atoms with Crippen molar-refractivity contribution >= 4 is 34.3 Å². The van der Waals surface area contributed by atoms with Gasteiger partial charge in [0, 0.05) is 17.7 Å². The van der Waals surface area contributed by atoms with Crippen LogP contribution in [0.25, 0.3) is 17.0 Å². The molecular formula is C23H19N5O4. The molecule has 3 heterocycles. The Morgan fingerprint density at radius 1 is 1.06 bits per heavy atom. The van der Waals surface area contributed by atoms with Crippen molar-refractivity contribution in [3.05, 3.63) is 75.7 Å². The van der Waals surface area contributed by atoms with Gasteiger partial charge in [0.15, 0.2) is 5.78 Å². The number of benzene rings is 2. The minimum Gasteiger partial charge on any atom is -0.322 e. The van der Waals surface area contributed by atoms with Gasteiger partial charge in [-0.1, -0.05) is 12.1 Å². The highest BCUT2D eigenvalue weighted by Gasteiger charge is 2.43. The molecule has 2 aromatic carbocycles. The fraction of sp³-hybridized carbons (Fsp3) is 0.174. The summed E-state index contributed by atoms with van der Waals surface area (Å²) in [6, 6.07) is 13.6. The van der Waals surface area contributed by atoms with Gasteiger partial charge in [-0.2, -0.15) is 4.68 Å². The van der Waals surface area contributed by atoms with Crippen molar-refractivity contribution in [1.29, 1.82) is 0 Å². The fourth-order valence-corrected chi connectivity index (χ4v) is 4.14. The van der Waals surface area contributed by atoms with Crippen LogP contribution in [0.5, 0.6) is 0 Å². The van der Waals surface area contributed by atoms with Gasteiger partial charge in [-0.15, -0.1) is 0 Å². The highest BCUT2D eigenvalue weighted by molar-refractivity contribution is 6.22. The molecule has 0 aliphatic carbocycles. The van der Waals surface area contributed by atoms with Crippen LogP contribution in [0, 0.1) is 6.92 Å². The Balaban J connectivity index is 1.51. The van der Waals surface area contributed by atoms with Gasteiger partial charge in [-0.05, 0) is 50.2 Å². The number of anilines is 1. The molecule has 160 valence electrons. The number of H-pyrrole nitrogens is 2. The first-order valence-corrected chi connectivity index (χ1v) is 10.1. The van der Waals surface area contributed by atoms with Gasteiger partial charge < -0.3 is 4.98 Å². The van der Waals surface area contributed by atoms with E-state index in [0.717, 1.165) is 10.4 Å². The standard InChI is InChI=1S/C23H19N5O4/c1-12-20(22(32)28(26-12)23-24-17-5-3-4-6-18(17)25-23)16-11-19(30)27(21(16)31)15-9-7-14(8-10-15)13(2)29/h3-10,16,26H,11H2,1-2H3,(H,24,25)/t16-/m0/s1. The van der Waals surface area contributed by atoms with Crippen molar-refractivity contribution < 1.29 is 14.4 Å². The second-order valence-electron chi connectivity index (χ2n) is 7.80. The number of carbonyl (C=O) groups excluding carboxylic acids is 3. The van der Waals surface area contributed by atoms with E-state index >= 15 is 0 Å². The monoisotopic (exact) mass is 429 g/mol. The molecule has 1 aliphatic rings. The summed E-state index contributed by atoms with van der Waals surface area (Å²) < 4.78 is 1.26. The van der Waals surface area contributed by atoms with Crippen LogP contribution in [0.1, 0.15) is 40.9 Å². The number of aromatic nitrogens is 4. The van der Waals surface area contributed by atoms with Crippen molar-refractivity contribution in [1.82, 2.24) is 19.7 Å². The minimum atomic E-state index is -0.899. The molecule has 9 heteroatoms. The molecule has 1 saturated heterocycles. The van der Waals surface area contributed by atoms with E-state index in [1.807, 2.05) is 24.3 Å². The maximum Gasteiger partial charge on any atom is 0.278 e. The molecule has 0 spiro atoms. The summed E-state index contributed by atoms with van der Waals surface area (Å²) in [7, 11) is 0. The lowest BCUT2D eigenvalue weighted by atomic mass is 9.98. The number of nitrogens with one attached hydrogen (secondary N) is 2. The number of hydrogen-bond donors (Lipinski definition) is 2. The zero-order valence-corrected chi connectivity index (χ0v) is 17.4. The van der Waals surface area contributed by atoms with Crippen molar-refractivity contribution in [3.63, 3.8) is 0 Å². The zero-order chi connectivity index (χ0) is 22.6. The molecule has 0 radical (unpaired) electrons. The summed E-state index contributed by atoms with van der Waals surface area (Å²) in [4.78, 5) is 59.2.